The Morgan fingerprint density at radius 1 is 1.58 bits per heavy atom. The van der Waals surface area contributed by atoms with Crippen molar-refractivity contribution in [2.45, 2.75) is 6.92 Å². The number of fused-ring (bicyclic) bond motifs is 1. The van der Waals surface area contributed by atoms with Crippen LogP contribution in [0.25, 0.3) is 10.1 Å². The number of carbonyl (C=O) groups is 1. The quantitative estimate of drug-likeness (QED) is 0.859. The van der Waals surface area contributed by atoms with Gasteiger partial charge in [-0.1, -0.05) is 28.1 Å². The molecular weight excluding hydrogens is 324 g/mol. The Morgan fingerprint density at radius 3 is 2.89 bits per heavy atom. The third-order valence-corrected chi connectivity index (χ3v) is 4.73. The predicted molar refractivity (Wildman–Crippen MR) is 85.7 cm³/mol. The number of nitrogens with two attached hydrogens (primary N) is 1. The number of likely N-dealkylation sites (N-methyl/N-ethyl adjacent to an activating group) is 1. The van der Waals surface area contributed by atoms with Gasteiger partial charge in [0.2, 0.25) is 0 Å². The molecule has 100 valence electrons. The summed E-state index contributed by atoms with van der Waals surface area (Å²) in [5.74, 6) is -0.0343. The fourth-order valence-corrected chi connectivity index (χ4v) is 3.77. The van der Waals surface area contributed by atoms with Gasteiger partial charge in [-0.3, -0.25) is 4.79 Å². The Balaban J connectivity index is 2.51. The molecule has 2 rings (SSSR count). The second-order valence-corrected chi connectivity index (χ2v) is 6.00. The van der Waals surface area contributed by atoms with Crippen molar-refractivity contribution in [1.82, 2.24) is 4.90 Å². The van der Waals surface area contributed by atoms with Gasteiger partial charge in [0.1, 0.15) is 4.88 Å². The van der Waals surface area contributed by atoms with Crippen LogP contribution >= 0.6 is 27.3 Å². The second-order valence-electron chi connectivity index (χ2n) is 4.09. The third kappa shape index (κ3) is 2.53. The SMILES string of the molecule is C=CCN(CC)C(=O)c1sc2cccc(Br)c2c1N. The lowest BCUT2D eigenvalue weighted by Gasteiger charge is -2.18. The van der Waals surface area contributed by atoms with E-state index in [2.05, 4.69) is 22.5 Å². The lowest BCUT2D eigenvalue weighted by molar-refractivity contribution is 0.0788. The molecule has 0 saturated carbocycles. The largest absolute Gasteiger partial charge is 0.397 e. The Kier molecular flexibility index (Phi) is 4.27. The summed E-state index contributed by atoms with van der Waals surface area (Å²) in [6.45, 7) is 6.79. The van der Waals surface area contributed by atoms with E-state index in [-0.39, 0.29) is 5.91 Å². The summed E-state index contributed by atoms with van der Waals surface area (Å²) in [6.07, 6.45) is 1.72. The molecule has 1 amide bonds. The van der Waals surface area contributed by atoms with Crippen molar-refractivity contribution in [2.24, 2.45) is 0 Å². The number of rotatable bonds is 4. The summed E-state index contributed by atoms with van der Waals surface area (Å²) in [4.78, 5) is 14.8. The molecule has 2 N–H and O–H groups in total. The molecule has 0 saturated heterocycles. The summed E-state index contributed by atoms with van der Waals surface area (Å²) >= 11 is 4.92. The van der Waals surface area contributed by atoms with Crippen LogP contribution in [-0.4, -0.2) is 23.9 Å². The molecule has 1 aromatic carbocycles. The van der Waals surface area contributed by atoms with Crippen LogP contribution in [0.5, 0.6) is 0 Å². The van der Waals surface area contributed by atoms with E-state index in [1.807, 2.05) is 25.1 Å². The van der Waals surface area contributed by atoms with Crippen molar-refractivity contribution in [1.29, 1.82) is 0 Å². The predicted octanol–water partition coefficient (Wildman–Crippen LogP) is 3.89. The van der Waals surface area contributed by atoms with Gasteiger partial charge < -0.3 is 10.6 Å². The zero-order valence-corrected chi connectivity index (χ0v) is 13.1. The van der Waals surface area contributed by atoms with Gasteiger partial charge in [0.25, 0.3) is 5.91 Å². The fourth-order valence-electron chi connectivity index (χ4n) is 1.94. The molecule has 2 aromatic rings. The van der Waals surface area contributed by atoms with Crippen molar-refractivity contribution in [2.75, 3.05) is 18.8 Å². The van der Waals surface area contributed by atoms with Crippen LogP contribution in [0, 0.1) is 0 Å². The van der Waals surface area contributed by atoms with Crippen LogP contribution in [0.4, 0.5) is 5.69 Å². The number of benzene rings is 1. The number of hydrogen-bond donors (Lipinski definition) is 1. The molecule has 0 fully saturated rings. The molecule has 0 aliphatic carbocycles. The van der Waals surface area contributed by atoms with Crippen LogP contribution in [0.15, 0.2) is 35.3 Å². The van der Waals surface area contributed by atoms with E-state index >= 15 is 0 Å². The second kappa shape index (κ2) is 5.75. The third-order valence-electron chi connectivity index (χ3n) is 2.91. The first-order valence-corrected chi connectivity index (χ1v) is 7.57. The van der Waals surface area contributed by atoms with Crippen molar-refractivity contribution in [3.05, 3.63) is 40.2 Å². The van der Waals surface area contributed by atoms with Gasteiger partial charge in [-0.05, 0) is 19.1 Å². The van der Waals surface area contributed by atoms with E-state index in [1.54, 1.807) is 11.0 Å². The highest BCUT2D eigenvalue weighted by molar-refractivity contribution is 9.10. The Hall–Kier alpha value is -1.33. The maximum atomic E-state index is 12.5. The van der Waals surface area contributed by atoms with E-state index in [4.69, 9.17) is 5.73 Å². The lowest BCUT2D eigenvalue weighted by Crippen LogP contribution is -2.30. The standard InChI is InChI=1S/C14H15BrN2OS/c1-3-8-17(4-2)14(18)13-12(16)11-9(15)6-5-7-10(11)19-13/h3,5-7H,1,4,8,16H2,2H3. The molecule has 0 spiro atoms. The molecule has 0 aliphatic rings. The summed E-state index contributed by atoms with van der Waals surface area (Å²) in [5, 5.41) is 0.922. The van der Waals surface area contributed by atoms with Crippen LogP contribution < -0.4 is 5.73 Å². The summed E-state index contributed by atoms with van der Waals surface area (Å²) in [7, 11) is 0. The molecule has 3 nitrogen and oxygen atoms in total. The first-order valence-electron chi connectivity index (χ1n) is 5.96. The van der Waals surface area contributed by atoms with Crippen molar-refractivity contribution >= 4 is 48.9 Å². The van der Waals surface area contributed by atoms with Crippen molar-refractivity contribution in [3.8, 4) is 0 Å². The highest BCUT2D eigenvalue weighted by Gasteiger charge is 2.21. The number of nitrogens with zero attached hydrogens (tertiary/aromatic N) is 1. The van der Waals surface area contributed by atoms with E-state index in [0.717, 1.165) is 14.6 Å². The number of halogens is 1. The van der Waals surface area contributed by atoms with Crippen molar-refractivity contribution in [3.63, 3.8) is 0 Å². The van der Waals surface area contributed by atoms with Gasteiger partial charge >= 0.3 is 0 Å². The van der Waals surface area contributed by atoms with Gasteiger partial charge in [0.15, 0.2) is 0 Å². The molecule has 0 bridgehead atoms. The van der Waals surface area contributed by atoms with Crippen LogP contribution in [0.3, 0.4) is 0 Å². The molecule has 0 atom stereocenters. The molecular formula is C14H15BrN2OS. The molecule has 0 unspecified atom stereocenters. The first-order chi connectivity index (χ1) is 9.10. The Morgan fingerprint density at radius 2 is 2.32 bits per heavy atom. The van der Waals surface area contributed by atoms with Gasteiger partial charge in [0, 0.05) is 27.6 Å². The van der Waals surface area contributed by atoms with Crippen molar-refractivity contribution < 1.29 is 4.79 Å². The monoisotopic (exact) mass is 338 g/mol. The minimum atomic E-state index is -0.0343. The van der Waals surface area contributed by atoms with Gasteiger partial charge in [0.05, 0.1) is 5.69 Å². The van der Waals surface area contributed by atoms with Gasteiger partial charge in [-0.25, -0.2) is 0 Å². The summed E-state index contributed by atoms with van der Waals surface area (Å²) in [5.41, 5.74) is 6.69. The van der Waals surface area contributed by atoms with Crippen LogP contribution in [0.2, 0.25) is 0 Å². The van der Waals surface area contributed by atoms with Crippen LogP contribution in [0.1, 0.15) is 16.6 Å². The minimum absolute atomic E-state index is 0.0343. The highest BCUT2D eigenvalue weighted by atomic mass is 79.9. The number of anilines is 1. The molecule has 0 radical (unpaired) electrons. The average Bonchev–Trinajstić information content (AvgIpc) is 2.74. The average molecular weight is 339 g/mol. The maximum absolute atomic E-state index is 12.5. The number of amides is 1. The van der Waals surface area contributed by atoms with E-state index in [9.17, 15) is 4.79 Å². The van der Waals surface area contributed by atoms with E-state index < -0.39 is 0 Å². The summed E-state index contributed by atoms with van der Waals surface area (Å²) in [6, 6.07) is 5.85. The topological polar surface area (TPSA) is 46.3 Å². The smallest absolute Gasteiger partial charge is 0.266 e. The zero-order valence-electron chi connectivity index (χ0n) is 10.6. The number of carbonyl (C=O) groups excluding carboxylic acids is 1. The molecule has 1 heterocycles. The molecule has 1 aromatic heterocycles. The number of thiophene rings is 1. The first kappa shape index (κ1) is 14.1. The normalized spacial score (nSPS) is 10.6. The van der Waals surface area contributed by atoms with E-state index in [1.165, 1.54) is 11.3 Å². The molecule has 5 heteroatoms. The zero-order chi connectivity index (χ0) is 14.0. The fraction of sp³-hybridized carbons (Fsp3) is 0.214. The number of nitrogen functional groups attached to an aromatic ring is 1. The minimum Gasteiger partial charge on any atom is -0.397 e. The van der Waals surface area contributed by atoms with Gasteiger partial charge in [-0.15, -0.1) is 17.9 Å². The lowest BCUT2D eigenvalue weighted by atomic mass is 10.2. The van der Waals surface area contributed by atoms with Gasteiger partial charge in [-0.2, -0.15) is 0 Å². The maximum Gasteiger partial charge on any atom is 0.266 e. The Labute approximate surface area is 124 Å². The highest BCUT2D eigenvalue weighted by Crippen LogP contribution is 2.38. The molecule has 0 aliphatic heterocycles. The summed E-state index contributed by atoms with van der Waals surface area (Å²) < 4.78 is 1.94. The molecule has 19 heavy (non-hydrogen) atoms. The Bertz CT molecular complexity index is 636. The van der Waals surface area contributed by atoms with E-state index in [0.29, 0.717) is 23.7 Å². The van der Waals surface area contributed by atoms with Crippen LogP contribution in [-0.2, 0) is 0 Å². The number of hydrogen-bond acceptors (Lipinski definition) is 3.